The Labute approximate surface area is 81.4 Å². The number of hydrogen-bond donors (Lipinski definition) is 0. The lowest BCUT2D eigenvalue weighted by atomic mass is 9.84. The quantitative estimate of drug-likeness (QED) is 0.596. The minimum Gasteiger partial charge on any atom is -0.0985 e. The van der Waals surface area contributed by atoms with E-state index in [2.05, 4.69) is 44.7 Å². The zero-order chi connectivity index (χ0) is 9.84. The molecule has 0 fully saturated rings. The summed E-state index contributed by atoms with van der Waals surface area (Å²) >= 11 is 0. The van der Waals surface area contributed by atoms with Crippen molar-refractivity contribution in [1.29, 1.82) is 0 Å². The molecule has 1 aliphatic carbocycles. The van der Waals surface area contributed by atoms with Crippen molar-refractivity contribution in [3.8, 4) is 0 Å². The first kappa shape index (κ1) is 10.0. The second-order valence-electron chi connectivity index (χ2n) is 3.67. The highest BCUT2D eigenvalue weighted by Crippen LogP contribution is 2.28. The Kier molecular flexibility index (Phi) is 3.30. The van der Waals surface area contributed by atoms with Gasteiger partial charge in [-0.05, 0) is 29.9 Å². The maximum Gasteiger partial charge on any atom is -0.0192 e. The summed E-state index contributed by atoms with van der Waals surface area (Å²) in [6, 6.07) is 0. The van der Waals surface area contributed by atoms with Crippen LogP contribution < -0.4 is 0 Å². The van der Waals surface area contributed by atoms with Gasteiger partial charge < -0.3 is 0 Å². The molecule has 2 atom stereocenters. The lowest BCUT2D eigenvalue weighted by molar-refractivity contribution is 0.547. The van der Waals surface area contributed by atoms with E-state index in [1.54, 1.807) is 0 Å². The molecule has 0 heterocycles. The van der Waals surface area contributed by atoms with Crippen molar-refractivity contribution >= 4 is 0 Å². The third-order valence-electron chi connectivity index (χ3n) is 2.61. The van der Waals surface area contributed by atoms with Gasteiger partial charge in [-0.15, -0.1) is 0 Å². The van der Waals surface area contributed by atoms with Gasteiger partial charge in [0.15, 0.2) is 0 Å². The Hall–Kier alpha value is -1.04. The first-order valence-corrected chi connectivity index (χ1v) is 4.88. The summed E-state index contributed by atoms with van der Waals surface area (Å²) < 4.78 is 0. The highest BCUT2D eigenvalue weighted by molar-refractivity contribution is 5.48. The molecule has 0 aromatic rings. The van der Waals surface area contributed by atoms with Gasteiger partial charge in [0.25, 0.3) is 0 Å². The van der Waals surface area contributed by atoms with E-state index in [1.807, 2.05) is 13.0 Å². The topological polar surface area (TPSA) is 0 Å². The molecule has 0 aromatic carbocycles. The standard InChI is InChI=1S/C13H18/c1-5-7-13-9-11(4)10(3)8-12(13)6-2/h5-11H,2H2,1,3-4H3/b7-5-. The van der Waals surface area contributed by atoms with E-state index in [-0.39, 0.29) is 0 Å². The van der Waals surface area contributed by atoms with Crippen molar-refractivity contribution in [3.05, 3.63) is 48.1 Å². The van der Waals surface area contributed by atoms with Gasteiger partial charge in [-0.1, -0.05) is 50.8 Å². The van der Waals surface area contributed by atoms with Gasteiger partial charge in [0, 0.05) is 0 Å². The number of hydrogen-bond acceptors (Lipinski definition) is 0. The van der Waals surface area contributed by atoms with Crippen LogP contribution >= 0.6 is 0 Å². The van der Waals surface area contributed by atoms with Crippen LogP contribution in [0.5, 0.6) is 0 Å². The van der Waals surface area contributed by atoms with Gasteiger partial charge in [0.1, 0.15) is 0 Å². The summed E-state index contributed by atoms with van der Waals surface area (Å²) in [7, 11) is 0. The molecule has 2 unspecified atom stereocenters. The highest BCUT2D eigenvalue weighted by atomic mass is 14.2. The lowest BCUT2D eigenvalue weighted by Gasteiger charge is -2.21. The van der Waals surface area contributed by atoms with E-state index in [9.17, 15) is 0 Å². The highest BCUT2D eigenvalue weighted by Gasteiger charge is 2.14. The summed E-state index contributed by atoms with van der Waals surface area (Å²) in [4.78, 5) is 0. The third kappa shape index (κ3) is 2.21. The monoisotopic (exact) mass is 174 g/mol. The number of rotatable bonds is 2. The van der Waals surface area contributed by atoms with E-state index >= 15 is 0 Å². The Morgan fingerprint density at radius 3 is 2.15 bits per heavy atom. The van der Waals surface area contributed by atoms with Crippen LogP contribution in [-0.4, -0.2) is 0 Å². The zero-order valence-electron chi connectivity index (χ0n) is 8.75. The van der Waals surface area contributed by atoms with E-state index in [0.29, 0.717) is 11.8 Å². The maximum atomic E-state index is 3.83. The fourth-order valence-electron chi connectivity index (χ4n) is 1.58. The molecule has 0 amide bonds. The van der Waals surface area contributed by atoms with Crippen LogP contribution in [0.1, 0.15) is 20.8 Å². The fourth-order valence-corrected chi connectivity index (χ4v) is 1.58. The van der Waals surface area contributed by atoms with E-state index in [1.165, 1.54) is 11.1 Å². The van der Waals surface area contributed by atoms with Crippen molar-refractivity contribution in [2.45, 2.75) is 20.8 Å². The Morgan fingerprint density at radius 1 is 1.15 bits per heavy atom. The molecule has 0 N–H and O–H groups in total. The Balaban J connectivity index is 2.98. The average Bonchev–Trinajstić information content (AvgIpc) is 2.11. The van der Waals surface area contributed by atoms with Crippen LogP contribution in [-0.2, 0) is 0 Å². The molecule has 70 valence electrons. The first-order valence-electron chi connectivity index (χ1n) is 4.88. The van der Waals surface area contributed by atoms with E-state index in [4.69, 9.17) is 0 Å². The summed E-state index contributed by atoms with van der Waals surface area (Å²) in [5, 5.41) is 0. The van der Waals surface area contributed by atoms with Gasteiger partial charge in [-0.25, -0.2) is 0 Å². The fraction of sp³-hybridized carbons (Fsp3) is 0.385. The van der Waals surface area contributed by atoms with Crippen molar-refractivity contribution in [3.63, 3.8) is 0 Å². The molecule has 1 rings (SSSR count). The second kappa shape index (κ2) is 4.27. The molecule has 0 bridgehead atoms. The second-order valence-corrected chi connectivity index (χ2v) is 3.67. The largest absolute Gasteiger partial charge is 0.0985 e. The molecule has 0 spiro atoms. The lowest BCUT2D eigenvalue weighted by Crippen LogP contribution is -2.09. The van der Waals surface area contributed by atoms with Crippen LogP contribution in [0.3, 0.4) is 0 Å². The normalized spacial score (nSPS) is 28.5. The van der Waals surface area contributed by atoms with Gasteiger partial charge in [-0.2, -0.15) is 0 Å². The van der Waals surface area contributed by atoms with Crippen LogP contribution in [0, 0.1) is 11.8 Å². The summed E-state index contributed by atoms with van der Waals surface area (Å²) in [5.41, 5.74) is 2.58. The van der Waals surface area contributed by atoms with E-state index < -0.39 is 0 Å². The molecule has 1 aliphatic rings. The van der Waals surface area contributed by atoms with Gasteiger partial charge in [0.2, 0.25) is 0 Å². The van der Waals surface area contributed by atoms with Gasteiger partial charge >= 0.3 is 0 Å². The first-order chi connectivity index (χ1) is 6.19. The smallest absolute Gasteiger partial charge is 0.0192 e. The molecule has 0 saturated heterocycles. The maximum absolute atomic E-state index is 3.83. The molecule has 0 heteroatoms. The van der Waals surface area contributed by atoms with Crippen LogP contribution in [0.25, 0.3) is 0 Å². The van der Waals surface area contributed by atoms with Crippen LogP contribution in [0.2, 0.25) is 0 Å². The Morgan fingerprint density at radius 2 is 1.69 bits per heavy atom. The van der Waals surface area contributed by atoms with Gasteiger partial charge in [-0.3, -0.25) is 0 Å². The molecule has 13 heavy (non-hydrogen) atoms. The number of allylic oxidation sites excluding steroid dienone is 7. The minimum atomic E-state index is 0.627. The van der Waals surface area contributed by atoms with Gasteiger partial charge in [0.05, 0.1) is 0 Å². The molecule has 0 saturated carbocycles. The van der Waals surface area contributed by atoms with Crippen molar-refractivity contribution in [1.82, 2.24) is 0 Å². The minimum absolute atomic E-state index is 0.627. The summed E-state index contributed by atoms with van der Waals surface area (Å²) in [6.45, 7) is 10.4. The molecular formula is C13H18. The molecule has 0 radical (unpaired) electrons. The predicted octanol–water partition coefficient (Wildman–Crippen LogP) is 3.89. The van der Waals surface area contributed by atoms with Crippen molar-refractivity contribution in [2.24, 2.45) is 11.8 Å². The third-order valence-corrected chi connectivity index (χ3v) is 2.61. The summed E-state index contributed by atoms with van der Waals surface area (Å²) in [5.74, 6) is 1.26. The van der Waals surface area contributed by atoms with Crippen molar-refractivity contribution in [2.75, 3.05) is 0 Å². The molecule has 0 aromatic heterocycles. The molecule has 0 nitrogen and oxygen atoms in total. The van der Waals surface area contributed by atoms with Crippen molar-refractivity contribution < 1.29 is 0 Å². The average molecular weight is 174 g/mol. The summed E-state index contributed by atoms with van der Waals surface area (Å²) in [6.07, 6.45) is 10.8. The van der Waals surface area contributed by atoms with Crippen LogP contribution in [0.15, 0.2) is 48.1 Å². The zero-order valence-corrected chi connectivity index (χ0v) is 8.75. The molecule has 0 aliphatic heterocycles. The molecular weight excluding hydrogens is 156 g/mol. The SMILES string of the molecule is C=CC1=CC(C)C(C)C=C1/C=C\C. The predicted molar refractivity (Wildman–Crippen MR) is 59.5 cm³/mol. The van der Waals surface area contributed by atoms with E-state index in [0.717, 1.165) is 0 Å². The Bertz CT molecular complexity index is 276. The van der Waals surface area contributed by atoms with Crippen LogP contribution in [0.4, 0.5) is 0 Å².